The second-order valence-corrected chi connectivity index (χ2v) is 6.24. The largest absolute Gasteiger partial charge is 0.478 e. The summed E-state index contributed by atoms with van der Waals surface area (Å²) in [5.41, 5.74) is 0.810. The van der Waals surface area contributed by atoms with E-state index in [1.54, 1.807) is 26.1 Å². The maximum absolute atomic E-state index is 12.5. The van der Waals surface area contributed by atoms with Gasteiger partial charge < -0.3 is 15.0 Å². The molecular weight excluding hydrogens is 330 g/mol. The summed E-state index contributed by atoms with van der Waals surface area (Å²) in [6.45, 7) is 1.70. The Bertz CT molecular complexity index is 1040. The summed E-state index contributed by atoms with van der Waals surface area (Å²) in [7, 11) is 1.60. The average molecular weight is 343 g/mol. The number of hydrogen-bond acceptors (Lipinski definition) is 5. The van der Waals surface area contributed by atoms with Crippen molar-refractivity contribution < 1.29 is 14.7 Å². The number of carboxylic acids is 1. The number of carboxylic acid groups (broad SMARTS) is 1. The highest BCUT2D eigenvalue weighted by molar-refractivity contribution is 7.20. The van der Waals surface area contributed by atoms with Crippen LogP contribution in [-0.4, -0.2) is 26.5 Å². The molecule has 2 N–H and O–H groups in total. The van der Waals surface area contributed by atoms with Crippen molar-refractivity contribution in [3.05, 3.63) is 57.0 Å². The zero-order valence-corrected chi connectivity index (χ0v) is 13.7. The molecule has 2 heterocycles. The van der Waals surface area contributed by atoms with E-state index in [4.69, 9.17) is 5.11 Å². The van der Waals surface area contributed by atoms with Gasteiger partial charge in [0.2, 0.25) is 0 Å². The number of rotatable bonds is 3. The molecule has 3 aromatic rings. The number of anilines is 1. The van der Waals surface area contributed by atoms with Gasteiger partial charge in [0.05, 0.1) is 22.2 Å². The molecule has 0 aliphatic carbocycles. The lowest BCUT2D eigenvalue weighted by Crippen LogP contribution is -2.17. The van der Waals surface area contributed by atoms with Crippen molar-refractivity contribution in [3.63, 3.8) is 0 Å². The van der Waals surface area contributed by atoms with Crippen LogP contribution in [0.4, 0.5) is 5.69 Å². The Morgan fingerprint density at radius 1 is 1.33 bits per heavy atom. The van der Waals surface area contributed by atoms with E-state index in [0.29, 0.717) is 26.3 Å². The van der Waals surface area contributed by atoms with Gasteiger partial charge in [0, 0.05) is 12.7 Å². The maximum atomic E-state index is 12.5. The van der Waals surface area contributed by atoms with Crippen molar-refractivity contribution in [2.24, 2.45) is 7.05 Å². The van der Waals surface area contributed by atoms with Gasteiger partial charge in [0.1, 0.15) is 4.83 Å². The number of nitrogens with one attached hydrogen (secondary N) is 1. The molecule has 0 radical (unpaired) electrons. The topological polar surface area (TPSA) is 101 Å². The number of hydrogen-bond donors (Lipinski definition) is 2. The fraction of sp³-hybridized carbons (Fsp3) is 0.125. The minimum atomic E-state index is -1.07. The van der Waals surface area contributed by atoms with E-state index in [2.05, 4.69) is 10.3 Å². The molecule has 1 aromatic carbocycles. The lowest BCUT2D eigenvalue weighted by atomic mass is 10.2. The van der Waals surface area contributed by atoms with Gasteiger partial charge in [-0.05, 0) is 30.7 Å². The van der Waals surface area contributed by atoms with Gasteiger partial charge in [-0.2, -0.15) is 0 Å². The Balaban J connectivity index is 1.99. The molecule has 0 fully saturated rings. The number of amides is 1. The van der Waals surface area contributed by atoms with Crippen LogP contribution in [0.1, 0.15) is 25.6 Å². The molecule has 1 amide bonds. The second kappa shape index (κ2) is 5.89. The molecule has 8 heteroatoms. The smallest absolute Gasteiger partial charge is 0.335 e. The quantitative estimate of drug-likeness (QED) is 0.759. The van der Waals surface area contributed by atoms with Crippen LogP contribution in [0.2, 0.25) is 0 Å². The summed E-state index contributed by atoms with van der Waals surface area (Å²) in [6.07, 6.45) is 1.42. The number of carbonyl (C=O) groups is 2. The van der Waals surface area contributed by atoms with Crippen LogP contribution in [0.25, 0.3) is 10.2 Å². The third-order valence-corrected chi connectivity index (χ3v) is 4.78. The second-order valence-electron chi connectivity index (χ2n) is 5.24. The molecular formula is C16H13N3O4S. The first-order valence-electron chi connectivity index (χ1n) is 6.98. The number of benzene rings is 1. The SMILES string of the molecule is Cc1c(C(=O)Nc2cccc(C(=O)O)c2)sc2ncn(C)c(=O)c12. The highest BCUT2D eigenvalue weighted by atomic mass is 32.1. The molecule has 2 aromatic heterocycles. The first kappa shape index (κ1) is 15.9. The number of aromatic carboxylic acids is 1. The summed E-state index contributed by atoms with van der Waals surface area (Å²) in [4.78, 5) is 40.7. The first-order valence-corrected chi connectivity index (χ1v) is 7.79. The van der Waals surface area contributed by atoms with Gasteiger partial charge in [-0.3, -0.25) is 9.59 Å². The Hall–Kier alpha value is -3.00. The highest BCUT2D eigenvalue weighted by Crippen LogP contribution is 2.27. The third kappa shape index (κ3) is 2.67. The van der Waals surface area contributed by atoms with E-state index in [1.807, 2.05) is 0 Å². The normalized spacial score (nSPS) is 10.8. The van der Waals surface area contributed by atoms with Gasteiger partial charge >= 0.3 is 5.97 Å². The molecule has 0 unspecified atom stereocenters. The van der Waals surface area contributed by atoms with Gasteiger partial charge in [-0.1, -0.05) is 6.07 Å². The van der Waals surface area contributed by atoms with E-state index in [9.17, 15) is 14.4 Å². The average Bonchev–Trinajstić information content (AvgIpc) is 2.89. The third-order valence-electron chi connectivity index (χ3n) is 3.58. The zero-order chi connectivity index (χ0) is 17.4. The van der Waals surface area contributed by atoms with E-state index >= 15 is 0 Å². The summed E-state index contributed by atoms with van der Waals surface area (Å²) in [5.74, 6) is -1.48. The van der Waals surface area contributed by atoms with E-state index < -0.39 is 11.9 Å². The summed E-state index contributed by atoms with van der Waals surface area (Å²) >= 11 is 1.13. The van der Waals surface area contributed by atoms with Gasteiger partial charge in [-0.15, -0.1) is 11.3 Å². The highest BCUT2D eigenvalue weighted by Gasteiger charge is 2.19. The monoisotopic (exact) mass is 343 g/mol. The number of thiophene rings is 1. The van der Waals surface area contributed by atoms with E-state index in [-0.39, 0.29) is 11.1 Å². The predicted octanol–water partition coefficient (Wildman–Crippen LogP) is 2.25. The summed E-state index contributed by atoms with van der Waals surface area (Å²) in [5, 5.41) is 12.1. The molecule has 0 spiro atoms. The van der Waals surface area contributed by atoms with Crippen molar-refractivity contribution in [1.29, 1.82) is 0 Å². The Morgan fingerprint density at radius 3 is 2.79 bits per heavy atom. The van der Waals surface area contributed by atoms with Crippen LogP contribution in [0.5, 0.6) is 0 Å². The minimum absolute atomic E-state index is 0.0800. The van der Waals surface area contributed by atoms with Crippen LogP contribution in [-0.2, 0) is 7.05 Å². The molecule has 0 aliphatic rings. The number of nitrogens with zero attached hydrogens (tertiary/aromatic N) is 2. The number of fused-ring (bicyclic) bond motifs is 1. The lowest BCUT2D eigenvalue weighted by molar-refractivity contribution is 0.0696. The Kier molecular flexibility index (Phi) is 3.90. The number of aryl methyl sites for hydroxylation is 2. The van der Waals surface area contributed by atoms with Crippen LogP contribution in [0.3, 0.4) is 0 Å². The molecule has 24 heavy (non-hydrogen) atoms. The number of carbonyl (C=O) groups excluding carboxylic acids is 1. The molecule has 0 atom stereocenters. The molecule has 0 aliphatic heterocycles. The van der Waals surface area contributed by atoms with Gasteiger partial charge in [0.25, 0.3) is 11.5 Å². The predicted molar refractivity (Wildman–Crippen MR) is 91.0 cm³/mol. The standard InChI is InChI=1S/C16H13N3O4S/c1-8-11-14(17-7-19(2)15(11)21)24-12(8)13(20)18-10-5-3-4-9(6-10)16(22)23/h3-7H,1-2H3,(H,18,20)(H,22,23). The molecule has 7 nitrogen and oxygen atoms in total. The van der Waals surface area contributed by atoms with Crippen LogP contribution in [0, 0.1) is 6.92 Å². The van der Waals surface area contributed by atoms with Crippen molar-refractivity contribution in [3.8, 4) is 0 Å². The van der Waals surface area contributed by atoms with E-state index in [1.165, 1.54) is 23.0 Å². The Morgan fingerprint density at radius 2 is 2.08 bits per heavy atom. The summed E-state index contributed by atoms with van der Waals surface area (Å²) in [6, 6.07) is 5.97. The van der Waals surface area contributed by atoms with Crippen LogP contribution in [0.15, 0.2) is 35.4 Å². The molecule has 0 bridgehead atoms. The Labute approximate surface area is 140 Å². The number of aromatic nitrogens is 2. The lowest BCUT2D eigenvalue weighted by Gasteiger charge is -2.05. The van der Waals surface area contributed by atoms with Crippen molar-refractivity contribution in [2.45, 2.75) is 6.92 Å². The van der Waals surface area contributed by atoms with E-state index in [0.717, 1.165) is 11.3 Å². The van der Waals surface area contributed by atoms with Gasteiger partial charge in [0.15, 0.2) is 0 Å². The molecule has 0 saturated heterocycles. The maximum Gasteiger partial charge on any atom is 0.335 e. The summed E-state index contributed by atoms with van der Waals surface area (Å²) < 4.78 is 1.36. The van der Waals surface area contributed by atoms with Crippen molar-refractivity contribution in [2.75, 3.05) is 5.32 Å². The fourth-order valence-electron chi connectivity index (χ4n) is 2.34. The zero-order valence-electron chi connectivity index (χ0n) is 12.9. The van der Waals surface area contributed by atoms with Crippen LogP contribution < -0.4 is 10.9 Å². The van der Waals surface area contributed by atoms with Crippen molar-refractivity contribution in [1.82, 2.24) is 9.55 Å². The molecule has 0 saturated carbocycles. The molecule has 3 rings (SSSR count). The minimum Gasteiger partial charge on any atom is -0.478 e. The van der Waals surface area contributed by atoms with Crippen molar-refractivity contribution >= 4 is 39.1 Å². The van der Waals surface area contributed by atoms with Gasteiger partial charge in [-0.25, -0.2) is 9.78 Å². The van der Waals surface area contributed by atoms with Crippen LogP contribution >= 0.6 is 11.3 Å². The fourth-order valence-corrected chi connectivity index (χ4v) is 3.38. The molecule has 122 valence electrons. The first-order chi connectivity index (χ1) is 11.4.